The molecule has 5 nitrogen and oxygen atoms in total. The Morgan fingerprint density at radius 1 is 1.36 bits per heavy atom. The molecule has 0 saturated heterocycles. The monoisotopic (exact) mass is 193 g/mol. The van der Waals surface area contributed by atoms with Gasteiger partial charge >= 0.3 is 0 Å². The van der Waals surface area contributed by atoms with E-state index in [9.17, 15) is 9.59 Å². The lowest BCUT2D eigenvalue weighted by Crippen LogP contribution is -2.38. The van der Waals surface area contributed by atoms with Gasteiger partial charge in [0.1, 0.15) is 11.7 Å². The van der Waals surface area contributed by atoms with Crippen LogP contribution in [0, 0.1) is 19.8 Å². The van der Waals surface area contributed by atoms with Crippen LogP contribution in [0.2, 0.25) is 0 Å². The Labute approximate surface area is 81.1 Å². The molecule has 2 rings (SSSR count). The second kappa shape index (κ2) is 2.67. The van der Waals surface area contributed by atoms with Crippen molar-refractivity contribution in [3.8, 4) is 0 Å². The number of nitrogens with one attached hydrogen (secondary N) is 1. The van der Waals surface area contributed by atoms with Crippen LogP contribution in [-0.4, -0.2) is 21.6 Å². The number of fused-ring (bicyclic) bond motifs is 1. The number of hydrogen-bond donors (Lipinski definition) is 1. The molecule has 74 valence electrons. The van der Waals surface area contributed by atoms with Crippen molar-refractivity contribution in [3.05, 3.63) is 11.3 Å². The molecule has 0 aliphatic carbocycles. The number of carbonyl (C=O) groups excluding carboxylic acids is 2. The smallest absolute Gasteiger partial charge is 0.261 e. The van der Waals surface area contributed by atoms with Crippen molar-refractivity contribution in [2.75, 3.05) is 5.32 Å². The average Bonchev–Trinajstić information content (AvgIpc) is 2.42. The molecule has 5 heteroatoms. The first-order valence-electron chi connectivity index (χ1n) is 4.43. The highest BCUT2D eigenvalue weighted by Gasteiger charge is 2.32. The Kier molecular flexibility index (Phi) is 1.70. The molecule has 0 aromatic carbocycles. The molecule has 0 fully saturated rings. The number of aryl methyl sites for hydroxylation is 1. The molecular formula is C9H11N3O2. The van der Waals surface area contributed by atoms with Gasteiger partial charge in [-0.05, 0) is 20.8 Å². The maximum atomic E-state index is 11.6. The van der Waals surface area contributed by atoms with E-state index in [1.807, 2.05) is 13.8 Å². The molecule has 0 spiro atoms. The summed E-state index contributed by atoms with van der Waals surface area (Å²) in [7, 11) is 0. The molecule has 1 aliphatic rings. The lowest BCUT2D eigenvalue weighted by Gasteiger charge is -2.18. The third-order valence-corrected chi connectivity index (χ3v) is 2.57. The second-order valence-electron chi connectivity index (χ2n) is 3.52. The predicted molar refractivity (Wildman–Crippen MR) is 50.1 cm³/mol. The highest BCUT2D eigenvalue weighted by atomic mass is 16.2. The minimum Gasteiger partial charge on any atom is -0.310 e. The van der Waals surface area contributed by atoms with Gasteiger partial charge < -0.3 is 5.32 Å². The number of nitrogens with zero attached hydrogens (tertiary/aromatic N) is 2. The van der Waals surface area contributed by atoms with Gasteiger partial charge in [-0.2, -0.15) is 9.78 Å². The number of amides is 1. The second-order valence-corrected chi connectivity index (χ2v) is 3.52. The SMILES string of the molecule is Cc1nn2c(c1C)NC(=O)C(C)C2=O. The van der Waals surface area contributed by atoms with Crippen molar-refractivity contribution < 1.29 is 9.59 Å². The Hall–Kier alpha value is -1.65. The molecule has 1 amide bonds. The van der Waals surface area contributed by atoms with Gasteiger partial charge in [-0.3, -0.25) is 9.59 Å². The van der Waals surface area contributed by atoms with Crippen molar-refractivity contribution in [2.45, 2.75) is 20.8 Å². The van der Waals surface area contributed by atoms with Gasteiger partial charge in [-0.25, -0.2) is 0 Å². The maximum absolute atomic E-state index is 11.6. The largest absolute Gasteiger partial charge is 0.310 e. The topological polar surface area (TPSA) is 64.0 Å². The molecule has 1 N–H and O–H groups in total. The van der Waals surface area contributed by atoms with E-state index < -0.39 is 5.92 Å². The molecule has 1 unspecified atom stereocenters. The first-order valence-corrected chi connectivity index (χ1v) is 4.43. The van der Waals surface area contributed by atoms with Crippen LogP contribution in [0.15, 0.2) is 0 Å². The Bertz CT molecular complexity index is 434. The van der Waals surface area contributed by atoms with Gasteiger partial charge in [0, 0.05) is 5.56 Å². The van der Waals surface area contributed by atoms with Crippen molar-refractivity contribution in [1.82, 2.24) is 9.78 Å². The highest BCUT2D eigenvalue weighted by Crippen LogP contribution is 2.24. The molecule has 0 bridgehead atoms. The third kappa shape index (κ3) is 0.982. The Morgan fingerprint density at radius 3 is 2.64 bits per heavy atom. The molecule has 0 radical (unpaired) electrons. The minimum atomic E-state index is -0.652. The van der Waals surface area contributed by atoms with E-state index in [0.717, 1.165) is 11.3 Å². The van der Waals surface area contributed by atoms with E-state index in [1.165, 1.54) is 4.68 Å². The zero-order valence-corrected chi connectivity index (χ0v) is 8.29. The van der Waals surface area contributed by atoms with Gasteiger partial charge in [0.25, 0.3) is 5.91 Å². The quantitative estimate of drug-likeness (QED) is 0.618. The molecule has 1 aromatic rings. The van der Waals surface area contributed by atoms with E-state index in [2.05, 4.69) is 10.4 Å². The summed E-state index contributed by atoms with van der Waals surface area (Å²) in [5.74, 6) is -0.665. The fourth-order valence-electron chi connectivity index (χ4n) is 1.43. The molecule has 0 saturated carbocycles. The summed E-state index contributed by atoms with van der Waals surface area (Å²) >= 11 is 0. The van der Waals surface area contributed by atoms with E-state index in [-0.39, 0.29) is 11.8 Å². The maximum Gasteiger partial charge on any atom is 0.261 e. The molecule has 1 atom stereocenters. The van der Waals surface area contributed by atoms with Crippen LogP contribution < -0.4 is 5.32 Å². The van der Waals surface area contributed by atoms with Crippen LogP contribution in [-0.2, 0) is 4.79 Å². The first-order chi connectivity index (χ1) is 6.52. The molecule has 14 heavy (non-hydrogen) atoms. The summed E-state index contributed by atoms with van der Waals surface area (Å²) in [6, 6.07) is 0. The summed E-state index contributed by atoms with van der Waals surface area (Å²) in [6.07, 6.45) is 0. The number of carbonyl (C=O) groups is 2. The Balaban J connectivity index is 2.62. The summed E-state index contributed by atoms with van der Waals surface area (Å²) in [5.41, 5.74) is 1.61. The predicted octanol–water partition coefficient (Wildman–Crippen LogP) is 0.728. The van der Waals surface area contributed by atoms with Crippen molar-refractivity contribution >= 4 is 17.6 Å². The van der Waals surface area contributed by atoms with Crippen LogP contribution in [0.5, 0.6) is 0 Å². The molecule has 1 aromatic heterocycles. The zero-order valence-electron chi connectivity index (χ0n) is 8.29. The van der Waals surface area contributed by atoms with E-state index in [0.29, 0.717) is 5.82 Å². The fraction of sp³-hybridized carbons (Fsp3) is 0.444. The van der Waals surface area contributed by atoms with Gasteiger partial charge in [-0.1, -0.05) is 0 Å². The van der Waals surface area contributed by atoms with Gasteiger partial charge in [-0.15, -0.1) is 0 Å². The lowest BCUT2D eigenvalue weighted by atomic mass is 10.1. The van der Waals surface area contributed by atoms with Gasteiger partial charge in [0.2, 0.25) is 5.91 Å². The highest BCUT2D eigenvalue weighted by molar-refractivity contribution is 6.11. The summed E-state index contributed by atoms with van der Waals surface area (Å²) < 4.78 is 1.27. The fourth-order valence-corrected chi connectivity index (χ4v) is 1.43. The summed E-state index contributed by atoms with van der Waals surface area (Å²) in [4.78, 5) is 23.0. The van der Waals surface area contributed by atoms with E-state index in [1.54, 1.807) is 6.92 Å². The lowest BCUT2D eigenvalue weighted by molar-refractivity contribution is -0.118. The van der Waals surface area contributed by atoms with Gasteiger partial charge in [0.15, 0.2) is 0 Å². The van der Waals surface area contributed by atoms with Gasteiger partial charge in [0.05, 0.1) is 5.69 Å². The van der Waals surface area contributed by atoms with Crippen LogP contribution in [0.1, 0.15) is 23.0 Å². The van der Waals surface area contributed by atoms with Crippen molar-refractivity contribution in [2.24, 2.45) is 5.92 Å². The molecule has 2 heterocycles. The van der Waals surface area contributed by atoms with Crippen molar-refractivity contribution in [1.29, 1.82) is 0 Å². The number of aromatic nitrogens is 2. The van der Waals surface area contributed by atoms with E-state index >= 15 is 0 Å². The van der Waals surface area contributed by atoms with Crippen LogP contribution in [0.4, 0.5) is 5.82 Å². The van der Waals surface area contributed by atoms with E-state index in [4.69, 9.17) is 0 Å². The van der Waals surface area contributed by atoms with Crippen LogP contribution >= 0.6 is 0 Å². The number of rotatable bonds is 0. The number of anilines is 1. The van der Waals surface area contributed by atoms with Crippen LogP contribution in [0.25, 0.3) is 0 Å². The Morgan fingerprint density at radius 2 is 2.00 bits per heavy atom. The third-order valence-electron chi connectivity index (χ3n) is 2.57. The van der Waals surface area contributed by atoms with Crippen molar-refractivity contribution in [3.63, 3.8) is 0 Å². The minimum absolute atomic E-state index is 0.259. The molecular weight excluding hydrogens is 182 g/mol. The summed E-state index contributed by atoms with van der Waals surface area (Å²) in [6.45, 7) is 5.22. The average molecular weight is 193 g/mol. The molecule has 1 aliphatic heterocycles. The zero-order chi connectivity index (χ0) is 10.5. The standard InChI is InChI=1S/C9H11N3O2/c1-4-6(3)11-12-7(4)10-8(13)5(2)9(12)14/h5H,1-3H3,(H,10,13). The normalized spacial score (nSPS) is 20.6. The first kappa shape index (κ1) is 8.93. The summed E-state index contributed by atoms with van der Waals surface area (Å²) in [5, 5.41) is 6.74. The van der Waals surface area contributed by atoms with Crippen LogP contribution in [0.3, 0.4) is 0 Å². The number of hydrogen-bond acceptors (Lipinski definition) is 3.